The topological polar surface area (TPSA) is 85.5 Å². The van der Waals surface area contributed by atoms with E-state index >= 15 is 0 Å². The van der Waals surface area contributed by atoms with Gasteiger partial charge >= 0.3 is 5.97 Å². The molecule has 0 N–H and O–H groups in total. The standard InChI is InChI=1S/C18H21N3O4S/c1-3-6-15-19-18(25-20-15)12(2)24-17(23)9-10-21-13-7-4-5-8-14(13)26-11-16(21)22/h4-5,7-8,12H,3,6,9-11H2,1-2H3/t12-/m1/s1. The van der Waals surface area contributed by atoms with Crippen LogP contribution in [0.25, 0.3) is 0 Å². The SMILES string of the molecule is CCCc1noc([C@@H](C)OC(=O)CCN2C(=O)CSc3ccccc32)n1. The molecule has 3 rings (SSSR count). The summed E-state index contributed by atoms with van der Waals surface area (Å²) < 4.78 is 10.5. The van der Waals surface area contributed by atoms with Gasteiger partial charge in [-0.05, 0) is 25.5 Å². The smallest absolute Gasteiger partial charge is 0.308 e. The van der Waals surface area contributed by atoms with Crippen LogP contribution in [0.5, 0.6) is 0 Å². The third-order valence-corrected chi connectivity index (χ3v) is 5.01. The molecule has 7 nitrogen and oxygen atoms in total. The molecule has 0 saturated carbocycles. The lowest BCUT2D eigenvalue weighted by Crippen LogP contribution is -2.37. The van der Waals surface area contributed by atoms with Gasteiger partial charge in [-0.3, -0.25) is 9.59 Å². The zero-order chi connectivity index (χ0) is 18.5. The molecule has 0 unspecified atom stereocenters. The third kappa shape index (κ3) is 4.24. The Kier molecular flexibility index (Phi) is 5.92. The predicted molar refractivity (Wildman–Crippen MR) is 96.9 cm³/mol. The summed E-state index contributed by atoms with van der Waals surface area (Å²) in [5.41, 5.74) is 0.843. The maximum atomic E-state index is 12.2. The first-order chi connectivity index (χ1) is 12.6. The van der Waals surface area contributed by atoms with E-state index in [4.69, 9.17) is 9.26 Å². The van der Waals surface area contributed by atoms with Gasteiger partial charge in [0.2, 0.25) is 5.91 Å². The second kappa shape index (κ2) is 8.35. The van der Waals surface area contributed by atoms with E-state index in [-0.39, 0.29) is 24.8 Å². The van der Waals surface area contributed by atoms with Crippen molar-refractivity contribution in [3.05, 3.63) is 36.0 Å². The van der Waals surface area contributed by atoms with E-state index in [1.165, 1.54) is 11.8 Å². The molecule has 2 heterocycles. The van der Waals surface area contributed by atoms with Crippen LogP contribution in [0, 0.1) is 0 Å². The van der Waals surface area contributed by atoms with Gasteiger partial charge in [-0.1, -0.05) is 24.2 Å². The molecule has 1 aliphatic rings. The van der Waals surface area contributed by atoms with Gasteiger partial charge in [0, 0.05) is 17.9 Å². The molecular formula is C18H21N3O4S. The number of rotatable bonds is 7. The van der Waals surface area contributed by atoms with E-state index in [0.29, 0.717) is 11.6 Å². The van der Waals surface area contributed by atoms with Crippen LogP contribution in [0.15, 0.2) is 33.7 Å². The van der Waals surface area contributed by atoms with Crippen molar-refractivity contribution in [3.8, 4) is 0 Å². The number of esters is 1. The summed E-state index contributed by atoms with van der Waals surface area (Å²) in [6.07, 6.45) is 1.13. The van der Waals surface area contributed by atoms with Crippen molar-refractivity contribution in [2.24, 2.45) is 0 Å². The zero-order valence-electron chi connectivity index (χ0n) is 14.8. The first-order valence-electron chi connectivity index (χ1n) is 8.62. The Bertz CT molecular complexity index is 792. The fraction of sp³-hybridized carbons (Fsp3) is 0.444. The summed E-state index contributed by atoms with van der Waals surface area (Å²) in [4.78, 5) is 31.3. The van der Waals surface area contributed by atoms with Gasteiger partial charge in [0.05, 0.1) is 17.9 Å². The molecule has 0 saturated heterocycles. The number of carbonyl (C=O) groups is 2. The number of hydrogen-bond acceptors (Lipinski definition) is 7. The Hall–Kier alpha value is -2.35. The van der Waals surface area contributed by atoms with E-state index in [1.807, 2.05) is 31.2 Å². The van der Waals surface area contributed by atoms with E-state index in [1.54, 1.807) is 11.8 Å². The Balaban J connectivity index is 1.56. The van der Waals surface area contributed by atoms with Gasteiger partial charge in [-0.25, -0.2) is 0 Å². The summed E-state index contributed by atoms with van der Waals surface area (Å²) in [5, 5.41) is 3.86. The number of amides is 1. The number of benzene rings is 1. The highest BCUT2D eigenvalue weighted by Crippen LogP contribution is 2.34. The molecule has 8 heteroatoms. The number of thioether (sulfide) groups is 1. The molecule has 2 aromatic rings. The summed E-state index contributed by atoms with van der Waals surface area (Å²) >= 11 is 1.51. The molecule has 1 aromatic heterocycles. The number of anilines is 1. The highest BCUT2D eigenvalue weighted by molar-refractivity contribution is 8.00. The van der Waals surface area contributed by atoms with Crippen molar-refractivity contribution in [1.82, 2.24) is 10.1 Å². The first-order valence-corrected chi connectivity index (χ1v) is 9.61. The number of nitrogens with zero attached hydrogens (tertiary/aromatic N) is 3. The van der Waals surface area contributed by atoms with E-state index < -0.39 is 12.1 Å². The molecule has 138 valence electrons. The summed E-state index contributed by atoms with van der Waals surface area (Å²) in [6.45, 7) is 4.00. The van der Waals surface area contributed by atoms with Crippen molar-refractivity contribution < 1.29 is 18.8 Å². The van der Waals surface area contributed by atoms with Crippen molar-refractivity contribution >= 4 is 29.3 Å². The number of aromatic nitrogens is 2. The Labute approximate surface area is 156 Å². The number of para-hydroxylation sites is 1. The van der Waals surface area contributed by atoms with Gasteiger partial charge < -0.3 is 14.2 Å². The Morgan fingerprint density at radius 1 is 1.42 bits per heavy atom. The van der Waals surface area contributed by atoms with Gasteiger partial charge in [0.1, 0.15) is 0 Å². The number of aryl methyl sites for hydroxylation is 1. The normalized spacial score (nSPS) is 14.8. The van der Waals surface area contributed by atoms with Crippen molar-refractivity contribution in [3.63, 3.8) is 0 Å². The van der Waals surface area contributed by atoms with Gasteiger partial charge in [-0.2, -0.15) is 4.98 Å². The molecule has 1 aliphatic heterocycles. The molecule has 1 aromatic carbocycles. The molecule has 1 amide bonds. The van der Waals surface area contributed by atoms with Gasteiger partial charge in [-0.15, -0.1) is 11.8 Å². The second-order valence-electron chi connectivity index (χ2n) is 5.98. The summed E-state index contributed by atoms with van der Waals surface area (Å²) in [5.74, 6) is 0.868. The molecule has 0 fully saturated rings. The van der Waals surface area contributed by atoms with Crippen molar-refractivity contribution in [1.29, 1.82) is 0 Å². The van der Waals surface area contributed by atoms with Crippen LogP contribution in [0.1, 0.15) is 44.5 Å². The minimum atomic E-state index is -0.611. The molecule has 26 heavy (non-hydrogen) atoms. The van der Waals surface area contributed by atoms with Crippen LogP contribution in [-0.4, -0.2) is 34.3 Å². The van der Waals surface area contributed by atoms with Crippen molar-refractivity contribution in [2.75, 3.05) is 17.2 Å². The fourth-order valence-corrected chi connectivity index (χ4v) is 3.60. The minimum Gasteiger partial charge on any atom is -0.452 e. The lowest BCUT2D eigenvalue weighted by Gasteiger charge is -2.28. The Morgan fingerprint density at radius 3 is 3.04 bits per heavy atom. The molecular weight excluding hydrogens is 354 g/mol. The quantitative estimate of drug-likeness (QED) is 0.687. The van der Waals surface area contributed by atoms with Crippen LogP contribution in [0.3, 0.4) is 0 Å². The fourth-order valence-electron chi connectivity index (χ4n) is 2.67. The molecule has 0 spiro atoms. The van der Waals surface area contributed by atoms with Crippen molar-refractivity contribution in [2.45, 2.75) is 44.1 Å². The number of ether oxygens (including phenoxy) is 1. The number of hydrogen-bond donors (Lipinski definition) is 0. The van der Waals surface area contributed by atoms with Crippen LogP contribution < -0.4 is 4.90 Å². The largest absolute Gasteiger partial charge is 0.452 e. The summed E-state index contributed by atoms with van der Waals surface area (Å²) in [7, 11) is 0. The van der Waals surface area contributed by atoms with E-state index in [2.05, 4.69) is 10.1 Å². The lowest BCUT2D eigenvalue weighted by atomic mass is 10.2. The number of fused-ring (bicyclic) bond motifs is 1. The molecule has 0 bridgehead atoms. The van der Waals surface area contributed by atoms with Crippen LogP contribution in [0.4, 0.5) is 5.69 Å². The minimum absolute atomic E-state index is 0.00402. The number of carbonyl (C=O) groups excluding carboxylic acids is 2. The molecule has 1 atom stereocenters. The van der Waals surface area contributed by atoms with Crippen LogP contribution in [-0.2, 0) is 20.7 Å². The Morgan fingerprint density at radius 2 is 2.23 bits per heavy atom. The monoisotopic (exact) mass is 375 g/mol. The van der Waals surface area contributed by atoms with Crippen LogP contribution in [0.2, 0.25) is 0 Å². The highest BCUT2D eigenvalue weighted by atomic mass is 32.2. The third-order valence-electron chi connectivity index (χ3n) is 3.96. The molecule has 0 radical (unpaired) electrons. The van der Waals surface area contributed by atoms with E-state index in [0.717, 1.165) is 23.4 Å². The second-order valence-corrected chi connectivity index (χ2v) is 7.00. The predicted octanol–water partition coefficient (Wildman–Crippen LogP) is 3.16. The molecule has 0 aliphatic carbocycles. The average Bonchev–Trinajstić information content (AvgIpc) is 3.10. The zero-order valence-corrected chi connectivity index (χ0v) is 15.6. The maximum Gasteiger partial charge on any atom is 0.308 e. The van der Waals surface area contributed by atoms with Gasteiger partial charge in [0.25, 0.3) is 5.89 Å². The lowest BCUT2D eigenvalue weighted by molar-refractivity contribution is -0.149. The average molecular weight is 375 g/mol. The first kappa shape index (κ1) is 18.4. The summed E-state index contributed by atoms with van der Waals surface area (Å²) in [6, 6.07) is 7.69. The van der Waals surface area contributed by atoms with E-state index in [9.17, 15) is 9.59 Å². The van der Waals surface area contributed by atoms with Crippen LogP contribution >= 0.6 is 11.8 Å². The van der Waals surface area contributed by atoms with Gasteiger partial charge in [0.15, 0.2) is 11.9 Å². The highest BCUT2D eigenvalue weighted by Gasteiger charge is 2.25. The maximum absolute atomic E-state index is 12.2.